The highest BCUT2D eigenvalue weighted by Gasteiger charge is 1.96. The summed E-state index contributed by atoms with van der Waals surface area (Å²) in [7, 11) is 1.64. The predicted molar refractivity (Wildman–Crippen MR) is 55.4 cm³/mol. The molecule has 0 bridgehead atoms. The van der Waals surface area contributed by atoms with Crippen LogP contribution < -0.4 is 10.1 Å². The van der Waals surface area contributed by atoms with E-state index in [1.165, 1.54) is 0 Å². The van der Waals surface area contributed by atoms with E-state index in [4.69, 9.17) is 4.74 Å². The van der Waals surface area contributed by atoms with Crippen molar-refractivity contribution < 1.29 is 9.53 Å². The number of hydrogen-bond acceptors (Lipinski definition) is 3. The Morgan fingerprint density at radius 1 is 1.50 bits per heavy atom. The number of nitrogens with one attached hydrogen (secondary N) is 1. The molecule has 0 amide bonds. The standard InChI is InChI=1S/C11H15NO2/c1-9(13)7-12-8-10-4-3-5-11(6-10)14-2/h3-6,12H,7-8H2,1-2H3. The highest BCUT2D eigenvalue weighted by atomic mass is 16.5. The Bertz CT molecular complexity index is 310. The number of benzene rings is 1. The van der Waals surface area contributed by atoms with E-state index in [0.29, 0.717) is 13.1 Å². The molecule has 1 aromatic rings. The van der Waals surface area contributed by atoms with Crippen molar-refractivity contribution in [2.45, 2.75) is 13.5 Å². The summed E-state index contributed by atoms with van der Waals surface area (Å²) in [5.74, 6) is 0.986. The smallest absolute Gasteiger partial charge is 0.143 e. The van der Waals surface area contributed by atoms with Crippen LogP contribution in [0.2, 0.25) is 0 Å². The Balaban J connectivity index is 2.46. The van der Waals surface area contributed by atoms with Crippen molar-refractivity contribution >= 4 is 5.78 Å². The van der Waals surface area contributed by atoms with Crippen molar-refractivity contribution in [1.82, 2.24) is 5.32 Å². The van der Waals surface area contributed by atoms with Gasteiger partial charge in [-0.2, -0.15) is 0 Å². The van der Waals surface area contributed by atoms with Gasteiger partial charge in [-0.3, -0.25) is 4.79 Å². The van der Waals surface area contributed by atoms with Gasteiger partial charge in [-0.05, 0) is 24.6 Å². The molecule has 14 heavy (non-hydrogen) atoms. The van der Waals surface area contributed by atoms with Gasteiger partial charge in [0.1, 0.15) is 11.5 Å². The molecular formula is C11H15NO2. The summed E-state index contributed by atoms with van der Waals surface area (Å²) in [6.45, 7) is 2.67. The van der Waals surface area contributed by atoms with Gasteiger partial charge in [-0.15, -0.1) is 0 Å². The van der Waals surface area contributed by atoms with Crippen molar-refractivity contribution in [2.75, 3.05) is 13.7 Å². The molecule has 0 fully saturated rings. The zero-order valence-electron chi connectivity index (χ0n) is 8.54. The molecule has 0 spiro atoms. The normalized spacial score (nSPS) is 9.86. The maximum atomic E-state index is 10.7. The van der Waals surface area contributed by atoms with Gasteiger partial charge in [0, 0.05) is 6.54 Å². The number of ether oxygens (including phenoxy) is 1. The van der Waals surface area contributed by atoms with Crippen LogP contribution in [0.15, 0.2) is 24.3 Å². The molecule has 0 aliphatic rings. The van der Waals surface area contributed by atoms with Gasteiger partial charge in [0.2, 0.25) is 0 Å². The maximum Gasteiger partial charge on any atom is 0.143 e. The highest BCUT2D eigenvalue weighted by Crippen LogP contribution is 2.11. The van der Waals surface area contributed by atoms with Crippen LogP contribution >= 0.6 is 0 Å². The Labute approximate surface area is 84.1 Å². The molecule has 0 saturated heterocycles. The zero-order chi connectivity index (χ0) is 10.4. The largest absolute Gasteiger partial charge is 0.497 e. The lowest BCUT2D eigenvalue weighted by atomic mass is 10.2. The summed E-state index contributed by atoms with van der Waals surface area (Å²) in [6.07, 6.45) is 0. The first-order valence-electron chi connectivity index (χ1n) is 4.55. The van der Waals surface area contributed by atoms with Gasteiger partial charge in [-0.25, -0.2) is 0 Å². The van der Waals surface area contributed by atoms with E-state index in [-0.39, 0.29) is 5.78 Å². The average Bonchev–Trinajstić information content (AvgIpc) is 2.18. The van der Waals surface area contributed by atoms with E-state index in [0.717, 1.165) is 11.3 Å². The summed E-state index contributed by atoms with van der Waals surface area (Å²) in [4.78, 5) is 10.7. The van der Waals surface area contributed by atoms with Crippen LogP contribution in [-0.4, -0.2) is 19.4 Å². The quantitative estimate of drug-likeness (QED) is 0.767. The fourth-order valence-corrected chi connectivity index (χ4v) is 1.17. The molecule has 1 aromatic carbocycles. The molecule has 1 rings (SSSR count). The summed E-state index contributed by atoms with van der Waals surface area (Å²) in [5.41, 5.74) is 1.12. The van der Waals surface area contributed by atoms with E-state index < -0.39 is 0 Å². The van der Waals surface area contributed by atoms with Crippen LogP contribution in [-0.2, 0) is 11.3 Å². The first-order chi connectivity index (χ1) is 6.72. The van der Waals surface area contributed by atoms with Gasteiger partial charge in [-0.1, -0.05) is 12.1 Å². The van der Waals surface area contributed by atoms with Crippen molar-refractivity contribution in [1.29, 1.82) is 0 Å². The Morgan fingerprint density at radius 2 is 2.29 bits per heavy atom. The van der Waals surface area contributed by atoms with Gasteiger partial charge < -0.3 is 10.1 Å². The van der Waals surface area contributed by atoms with Crippen molar-refractivity contribution in [3.05, 3.63) is 29.8 Å². The summed E-state index contributed by atoms with van der Waals surface area (Å²) >= 11 is 0. The van der Waals surface area contributed by atoms with Crippen molar-refractivity contribution in [2.24, 2.45) is 0 Å². The summed E-state index contributed by atoms with van der Waals surface area (Å²) in [5, 5.41) is 3.05. The Kier molecular flexibility index (Phi) is 4.13. The summed E-state index contributed by atoms with van der Waals surface area (Å²) < 4.78 is 5.09. The minimum absolute atomic E-state index is 0.146. The van der Waals surface area contributed by atoms with E-state index >= 15 is 0 Å². The average molecular weight is 193 g/mol. The van der Waals surface area contributed by atoms with Gasteiger partial charge in [0.15, 0.2) is 0 Å². The van der Waals surface area contributed by atoms with Gasteiger partial charge >= 0.3 is 0 Å². The van der Waals surface area contributed by atoms with E-state index in [1.807, 2.05) is 24.3 Å². The molecule has 0 heterocycles. The minimum Gasteiger partial charge on any atom is -0.497 e. The molecule has 0 aliphatic carbocycles. The molecule has 76 valence electrons. The topological polar surface area (TPSA) is 38.3 Å². The van der Waals surface area contributed by atoms with Crippen molar-refractivity contribution in [3.63, 3.8) is 0 Å². The molecule has 1 N–H and O–H groups in total. The monoisotopic (exact) mass is 193 g/mol. The Morgan fingerprint density at radius 3 is 2.93 bits per heavy atom. The number of rotatable bonds is 5. The summed E-state index contributed by atoms with van der Waals surface area (Å²) in [6, 6.07) is 7.78. The number of ketones is 1. The fraction of sp³-hybridized carbons (Fsp3) is 0.364. The number of Topliss-reactive ketones (excluding diaryl/α,β-unsaturated/α-hetero) is 1. The van der Waals surface area contributed by atoms with E-state index in [9.17, 15) is 4.79 Å². The fourth-order valence-electron chi connectivity index (χ4n) is 1.17. The molecule has 0 aliphatic heterocycles. The molecule has 0 aromatic heterocycles. The van der Waals surface area contributed by atoms with Crippen LogP contribution in [0, 0.1) is 0 Å². The molecule has 3 nitrogen and oxygen atoms in total. The Hall–Kier alpha value is -1.35. The van der Waals surface area contributed by atoms with Crippen LogP contribution in [0.5, 0.6) is 5.75 Å². The molecule has 0 atom stereocenters. The third kappa shape index (κ3) is 3.58. The minimum atomic E-state index is 0.146. The predicted octanol–water partition coefficient (Wildman–Crippen LogP) is 1.37. The van der Waals surface area contributed by atoms with E-state index in [1.54, 1.807) is 14.0 Å². The lowest BCUT2D eigenvalue weighted by molar-refractivity contribution is -0.116. The molecule has 0 unspecified atom stereocenters. The molecule has 0 saturated carbocycles. The maximum absolute atomic E-state index is 10.7. The second-order valence-corrected chi connectivity index (χ2v) is 3.16. The van der Waals surface area contributed by atoms with E-state index in [2.05, 4.69) is 5.32 Å². The third-order valence-electron chi connectivity index (χ3n) is 1.84. The zero-order valence-corrected chi connectivity index (χ0v) is 8.54. The van der Waals surface area contributed by atoms with Crippen LogP contribution in [0.3, 0.4) is 0 Å². The highest BCUT2D eigenvalue weighted by molar-refractivity contribution is 5.77. The lowest BCUT2D eigenvalue weighted by Gasteiger charge is -2.04. The third-order valence-corrected chi connectivity index (χ3v) is 1.84. The van der Waals surface area contributed by atoms with Crippen LogP contribution in [0.1, 0.15) is 12.5 Å². The first kappa shape index (κ1) is 10.7. The van der Waals surface area contributed by atoms with Gasteiger partial charge in [0.05, 0.1) is 13.7 Å². The van der Waals surface area contributed by atoms with Crippen molar-refractivity contribution in [3.8, 4) is 5.75 Å². The lowest BCUT2D eigenvalue weighted by Crippen LogP contribution is -2.20. The molecule has 0 radical (unpaired) electrons. The number of carbonyl (C=O) groups excluding carboxylic acids is 1. The number of carbonyl (C=O) groups is 1. The second kappa shape index (κ2) is 5.40. The van der Waals surface area contributed by atoms with Gasteiger partial charge in [0.25, 0.3) is 0 Å². The number of methoxy groups -OCH3 is 1. The molecule has 3 heteroatoms. The van der Waals surface area contributed by atoms with Crippen LogP contribution in [0.4, 0.5) is 0 Å². The molecular weight excluding hydrogens is 178 g/mol. The SMILES string of the molecule is COc1cccc(CNCC(C)=O)c1. The second-order valence-electron chi connectivity index (χ2n) is 3.16. The van der Waals surface area contributed by atoms with Crippen LogP contribution in [0.25, 0.3) is 0 Å². The number of hydrogen-bond donors (Lipinski definition) is 1. The first-order valence-corrected chi connectivity index (χ1v) is 4.55.